The first kappa shape index (κ1) is 27.0. The van der Waals surface area contributed by atoms with Crippen LogP contribution in [0.3, 0.4) is 0 Å². The van der Waals surface area contributed by atoms with E-state index in [-0.39, 0.29) is 0 Å². The molecular formula is C23H32O12. The Morgan fingerprint density at radius 1 is 0.914 bits per heavy atom. The number of fused-ring (bicyclic) bond motifs is 1. The first-order valence-corrected chi connectivity index (χ1v) is 11.3. The van der Waals surface area contributed by atoms with Crippen molar-refractivity contribution in [2.45, 2.75) is 90.2 Å². The van der Waals surface area contributed by atoms with Gasteiger partial charge in [-0.2, -0.15) is 0 Å². The highest BCUT2D eigenvalue weighted by Gasteiger charge is 2.85. The molecule has 3 aliphatic rings. The Hall–Kier alpha value is -2.57. The normalized spacial score (nSPS) is 41.4. The summed E-state index contributed by atoms with van der Waals surface area (Å²) in [5, 5.41) is 22.9. The Bertz CT molecular complexity index is 943. The molecule has 3 fully saturated rings. The predicted octanol–water partition coefficient (Wildman–Crippen LogP) is -0.551. The third-order valence-electron chi connectivity index (χ3n) is 7.42. The highest BCUT2D eigenvalue weighted by atomic mass is 16.6. The molecule has 0 radical (unpaired) electrons. The van der Waals surface area contributed by atoms with Gasteiger partial charge in [0.15, 0.2) is 24.1 Å². The predicted molar refractivity (Wildman–Crippen MR) is 113 cm³/mol. The maximum atomic E-state index is 13.8. The van der Waals surface area contributed by atoms with Gasteiger partial charge in [-0.3, -0.25) is 24.0 Å². The number of rotatable bonds is 5. The molecule has 9 atom stereocenters. The van der Waals surface area contributed by atoms with Crippen molar-refractivity contribution in [1.82, 2.24) is 0 Å². The molecule has 2 saturated carbocycles. The molecule has 2 aliphatic carbocycles. The van der Waals surface area contributed by atoms with Crippen molar-refractivity contribution in [2.75, 3.05) is 6.61 Å². The van der Waals surface area contributed by atoms with E-state index in [4.69, 9.17) is 23.7 Å². The Morgan fingerprint density at radius 2 is 1.46 bits per heavy atom. The minimum absolute atomic E-state index is 0.724. The molecule has 1 aliphatic heterocycles. The summed E-state index contributed by atoms with van der Waals surface area (Å²) in [5.74, 6) is -6.43. The van der Waals surface area contributed by atoms with Crippen LogP contribution in [0, 0.1) is 17.3 Å². The van der Waals surface area contributed by atoms with Crippen molar-refractivity contribution < 1.29 is 57.9 Å². The number of carbonyl (C=O) groups excluding carboxylic acids is 5. The van der Waals surface area contributed by atoms with Crippen molar-refractivity contribution in [3.05, 3.63) is 0 Å². The topological polar surface area (TPSA) is 172 Å². The molecule has 0 aromatic rings. The minimum atomic E-state index is -2.09. The molecule has 0 unspecified atom stereocenters. The van der Waals surface area contributed by atoms with Crippen LogP contribution in [0.2, 0.25) is 0 Å². The zero-order valence-corrected chi connectivity index (χ0v) is 20.7. The van der Waals surface area contributed by atoms with E-state index in [1.165, 1.54) is 6.92 Å². The average Bonchev–Trinajstić information content (AvgIpc) is 2.89. The van der Waals surface area contributed by atoms with E-state index in [2.05, 4.69) is 0 Å². The third-order valence-corrected chi connectivity index (χ3v) is 7.42. The molecule has 12 nitrogen and oxygen atoms in total. The Kier molecular flexibility index (Phi) is 6.81. The van der Waals surface area contributed by atoms with Crippen molar-refractivity contribution in [3.63, 3.8) is 0 Å². The maximum absolute atomic E-state index is 13.8. The van der Waals surface area contributed by atoms with Gasteiger partial charge in [-0.15, -0.1) is 0 Å². The van der Waals surface area contributed by atoms with Gasteiger partial charge < -0.3 is 33.9 Å². The van der Waals surface area contributed by atoms with Crippen LogP contribution in [-0.2, 0) is 47.7 Å². The molecule has 2 N–H and O–H groups in total. The summed E-state index contributed by atoms with van der Waals surface area (Å²) in [6.45, 7) is 8.15. The van der Waals surface area contributed by atoms with Gasteiger partial charge in [0, 0.05) is 33.6 Å². The van der Waals surface area contributed by atoms with Crippen molar-refractivity contribution in [1.29, 1.82) is 0 Å². The number of Topliss-reactive ketones (excluding diaryl/α,β-unsaturated/α-hetero) is 1. The lowest BCUT2D eigenvalue weighted by Gasteiger charge is -2.63. The van der Waals surface area contributed by atoms with Gasteiger partial charge in [0.05, 0.1) is 17.6 Å². The van der Waals surface area contributed by atoms with Crippen molar-refractivity contribution >= 4 is 29.7 Å². The van der Waals surface area contributed by atoms with Crippen LogP contribution >= 0.6 is 0 Å². The molecule has 1 saturated heterocycles. The van der Waals surface area contributed by atoms with Crippen LogP contribution in [0.15, 0.2) is 0 Å². The summed E-state index contributed by atoms with van der Waals surface area (Å²) in [6, 6.07) is 0. The van der Waals surface area contributed by atoms with Crippen LogP contribution in [0.1, 0.15) is 48.5 Å². The Morgan fingerprint density at radius 3 is 1.94 bits per heavy atom. The summed E-state index contributed by atoms with van der Waals surface area (Å²) < 4.78 is 28.1. The number of carbonyl (C=O) groups is 5. The second-order valence-electron chi connectivity index (χ2n) is 10.0. The van der Waals surface area contributed by atoms with Crippen LogP contribution in [0.25, 0.3) is 0 Å². The fourth-order valence-corrected chi connectivity index (χ4v) is 6.34. The number of ether oxygens (including phenoxy) is 5. The van der Waals surface area contributed by atoms with Gasteiger partial charge in [0.25, 0.3) is 0 Å². The van der Waals surface area contributed by atoms with Gasteiger partial charge in [-0.25, -0.2) is 0 Å². The van der Waals surface area contributed by atoms with Crippen molar-refractivity contribution in [2.24, 2.45) is 17.3 Å². The van der Waals surface area contributed by atoms with Crippen LogP contribution in [0.5, 0.6) is 0 Å². The van der Waals surface area contributed by atoms with E-state index in [1.54, 1.807) is 13.8 Å². The van der Waals surface area contributed by atoms with Crippen LogP contribution in [0.4, 0.5) is 0 Å². The van der Waals surface area contributed by atoms with E-state index >= 15 is 0 Å². The second-order valence-corrected chi connectivity index (χ2v) is 10.0. The van der Waals surface area contributed by atoms with E-state index in [9.17, 15) is 34.2 Å². The maximum Gasteiger partial charge on any atom is 0.303 e. The van der Waals surface area contributed by atoms with E-state index in [1.807, 2.05) is 0 Å². The first-order chi connectivity index (χ1) is 16.0. The summed E-state index contributed by atoms with van der Waals surface area (Å²) in [4.78, 5) is 62.2. The van der Waals surface area contributed by atoms with Gasteiger partial charge >= 0.3 is 23.9 Å². The Balaban J connectivity index is 2.44. The van der Waals surface area contributed by atoms with E-state index in [0.717, 1.165) is 27.7 Å². The third kappa shape index (κ3) is 3.82. The molecule has 12 heteroatoms. The summed E-state index contributed by atoms with van der Waals surface area (Å²) in [5.41, 5.74) is -5.34. The fourth-order valence-electron chi connectivity index (χ4n) is 6.34. The van der Waals surface area contributed by atoms with Crippen LogP contribution < -0.4 is 0 Å². The molecule has 3 rings (SSSR count). The molecule has 196 valence electrons. The zero-order valence-electron chi connectivity index (χ0n) is 20.7. The first-order valence-electron chi connectivity index (χ1n) is 11.3. The highest BCUT2D eigenvalue weighted by molar-refractivity contribution is 5.92. The fraction of sp³-hybridized carbons (Fsp3) is 0.783. The number of aliphatic hydroxyl groups is 2. The number of aliphatic hydroxyl groups excluding tert-OH is 2. The van der Waals surface area contributed by atoms with Crippen molar-refractivity contribution in [3.8, 4) is 0 Å². The van der Waals surface area contributed by atoms with E-state index < -0.39 is 95.2 Å². The van der Waals surface area contributed by atoms with Gasteiger partial charge in [-0.05, 0) is 13.8 Å². The molecule has 35 heavy (non-hydrogen) atoms. The standard InChI is InChI=1S/C23H32O12/c1-9-15(28)17(32-11(3)25)20(34-13(5)27)22(8-31-10(2)24)19(33-12(4)26)16(29)14-18(30)23(9,22)35-21(14,6)7/h9,14-15,17-20,28,30H,8H2,1-7H3/t9-,14-,15-,17+,18-,19-,20+,22-,23-/m1/s1. The van der Waals surface area contributed by atoms with E-state index in [0.29, 0.717) is 0 Å². The summed E-state index contributed by atoms with van der Waals surface area (Å²) >= 11 is 0. The molecule has 0 aromatic carbocycles. The molecule has 2 bridgehead atoms. The number of esters is 4. The lowest BCUT2D eigenvalue weighted by Crippen LogP contribution is -2.82. The number of hydrogen-bond donors (Lipinski definition) is 2. The van der Waals surface area contributed by atoms with Gasteiger partial charge in [0.2, 0.25) is 0 Å². The summed E-state index contributed by atoms with van der Waals surface area (Å²) in [6.07, 6.45) is -8.17. The van der Waals surface area contributed by atoms with Crippen LogP contribution in [-0.4, -0.2) is 88.2 Å². The molecule has 1 spiro atoms. The lowest BCUT2D eigenvalue weighted by atomic mass is 9.47. The minimum Gasteiger partial charge on any atom is -0.465 e. The quantitative estimate of drug-likeness (QED) is 0.365. The highest BCUT2D eigenvalue weighted by Crippen LogP contribution is 2.66. The number of hydrogen-bond acceptors (Lipinski definition) is 12. The summed E-state index contributed by atoms with van der Waals surface area (Å²) in [7, 11) is 0. The molecule has 0 amide bonds. The van der Waals surface area contributed by atoms with Gasteiger partial charge in [-0.1, -0.05) is 6.92 Å². The molecule has 0 aromatic heterocycles. The molecular weight excluding hydrogens is 468 g/mol. The zero-order chi connectivity index (χ0) is 26.7. The lowest BCUT2D eigenvalue weighted by molar-refractivity contribution is -0.332. The second kappa shape index (κ2) is 8.82. The number of ketones is 1. The monoisotopic (exact) mass is 500 g/mol. The largest absolute Gasteiger partial charge is 0.465 e. The molecule has 1 heterocycles. The van der Waals surface area contributed by atoms with Gasteiger partial charge in [0.1, 0.15) is 23.7 Å². The SMILES string of the molecule is CC(=O)OC[C@]12[C@H](OC(C)=O)C(=O)[C@@H]3[C@@H](O)[C@]1(OC3(C)C)[C@H](C)[C@@H](O)[C@H](OC(C)=O)[C@@H]2OC(C)=O. The smallest absolute Gasteiger partial charge is 0.303 e. The Labute approximate surface area is 202 Å². The average molecular weight is 500 g/mol.